The second-order valence-corrected chi connectivity index (χ2v) is 2.03. The van der Waals surface area contributed by atoms with E-state index in [0.29, 0.717) is 5.56 Å². The Morgan fingerprint density at radius 1 is 1.27 bits per heavy atom. The van der Waals surface area contributed by atoms with Crippen molar-refractivity contribution in [2.24, 2.45) is 10.9 Å². The van der Waals surface area contributed by atoms with Crippen molar-refractivity contribution >= 4 is 6.21 Å². The summed E-state index contributed by atoms with van der Waals surface area (Å²) in [7, 11) is 0. The maximum Gasteiger partial charge on any atom is 0.158 e. The molecule has 0 saturated carbocycles. The standard InChI is InChI=1S/C7H8N2O2/c8-9-4-5-1-2-6(10)7(11)3-5/h1-4,10-11H,8H2. The van der Waals surface area contributed by atoms with E-state index in [9.17, 15) is 0 Å². The van der Waals surface area contributed by atoms with Crippen LogP contribution >= 0.6 is 0 Å². The van der Waals surface area contributed by atoms with Gasteiger partial charge < -0.3 is 16.1 Å². The molecule has 1 rings (SSSR count). The first-order valence-electron chi connectivity index (χ1n) is 2.99. The molecule has 1 aromatic rings. The Morgan fingerprint density at radius 3 is 2.55 bits per heavy atom. The van der Waals surface area contributed by atoms with Gasteiger partial charge in [-0.05, 0) is 23.8 Å². The number of nitrogens with two attached hydrogens (primary N) is 1. The summed E-state index contributed by atoms with van der Waals surface area (Å²) in [4.78, 5) is 0. The van der Waals surface area contributed by atoms with Crippen LogP contribution in [0.25, 0.3) is 0 Å². The normalized spacial score (nSPS) is 10.5. The molecular weight excluding hydrogens is 144 g/mol. The van der Waals surface area contributed by atoms with E-state index in [4.69, 9.17) is 16.1 Å². The molecule has 0 saturated heterocycles. The van der Waals surface area contributed by atoms with E-state index < -0.39 is 0 Å². The molecule has 0 radical (unpaired) electrons. The summed E-state index contributed by atoms with van der Waals surface area (Å²) in [5, 5.41) is 21.1. The van der Waals surface area contributed by atoms with E-state index in [1.165, 1.54) is 18.3 Å². The molecular formula is C7H8N2O2. The molecule has 11 heavy (non-hydrogen) atoms. The lowest BCUT2D eigenvalue weighted by atomic mass is 10.2. The summed E-state index contributed by atoms with van der Waals surface area (Å²) in [6, 6.07) is 4.32. The van der Waals surface area contributed by atoms with Gasteiger partial charge in [0, 0.05) is 0 Å². The van der Waals surface area contributed by atoms with E-state index in [2.05, 4.69) is 5.10 Å². The number of rotatable bonds is 1. The zero-order valence-corrected chi connectivity index (χ0v) is 5.73. The average Bonchev–Trinajstić information content (AvgIpc) is 1.98. The van der Waals surface area contributed by atoms with Crippen LogP contribution in [0.4, 0.5) is 0 Å². The molecule has 0 bridgehead atoms. The molecule has 0 aliphatic rings. The molecule has 4 heteroatoms. The molecule has 0 atom stereocenters. The van der Waals surface area contributed by atoms with Crippen LogP contribution in [0.3, 0.4) is 0 Å². The van der Waals surface area contributed by atoms with E-state index in [-0.39, 0.29) is 11.5 Å². The minimum absolute atomic E-state index is 0.154. The maximum absolute atomic E-state index is 8.97. The van der Waals surface area contributed by atoms with Crippen molar-refractivity contribution in [2.45, 2.75) is 0 Å². The van der Waals surface area contributed by atoms with E-state index in [0.717, 1.165) is 0 Å². The van der Waals surface area contributed by atoms with Crippen LogP contribution in [0.1, 0.15) is 5.56 Å². The first-order chi connectivity index (χ1) is 5.24. The third-order valence-corrected chi connectivity index (χ3v) is 1.22. The van der Waals surface area contributed by atoms with Gasteiger partial charge >= 0.3 is 0 Å². The van der Waals surface area contributed by atoms with Crippen LogP contribution in [0.15, 0.2) is 23.3 Å². The van der Waals surface area contributed by atoms with Crippen LogP contribution in [0.2, 0.25) is 0 Å². The monoisotopic (exact) mass is 152 g/mol. The Balaban J connectivity index is 3.05. The van der Waals surface area contributed by atoms with Crippen LogP contribution in [0, 0.1) is 0 Å². The van der Waals surface area contributed by atoms with E-state index in [1.54, 1.807) is 6.07 Å². The molecule has 4 N–H and O–H groups in total. The lowest BCUT2D eigenvalue weighted by Gasteiger charge is -1.96. The third-order valence-electron chi connectivity index (χ3n) is 1.22. The minimum Gasteiger partial charge on any atom is -0.504 e. The van der Waals surface area contributed by atoms with Crippen molar-refractivity contribution < 1.29 is 10.2 Å². The molecule has 0 fully saturated rings. The Morgan fingerprint density at radius 2 is 2.00 bits per heavy atom. The Hall–Kier alpha value is -1.71. The SMILES string of the molecule is NN=Cc1ccc(O)c(O)c1. The predicted molar refractivity (Wildman–Crippen MR) is 41.6 cm³/mol. The van der Waals surface area contributed by atoms with Crippen LogP contribution in [0.5, 0.6) is 11.5 Å². The summed E-state index contributed by atoms with van der Waals surface area (Å²) in [6.45, 7) is 0. The van der Waals surface area contributed by atoms with Gasteiger partial charge in [0.1, 0.15) is 0 Å². The topological polar surface area (TPSA) is 78.8 Å². The Labute approximate surface area is 63.6 Å². The first kappa shape index (κ1) is 7.40. The van der Waals surface area contributed by atoms with Gasteiger partial charge in [-0.15, -0.1) is 0 Å². The zero-order valence-electron chi connectivity index (χ0n) is 5.73. The molecule has 1 aromatic carbocycles. The fraction of sp³-hybridized carbons (Fsp3) is 0. The van der Waals surface area contributed by atoms with E-state index in [1.807, 2.05) is 0 Å². The number of hydrogen-bond donors (Lipinski definition) is 3. The lowest BCUT2D eigenvalue weighted by molar-refractivity contribution is 0.403. The van der Waals surface area contributed by atoms with Crippen molar-refractivity contribution in [1.82, 2.24) is 0 Å². The van der Waals surface area contributed by atoms with Crippen LogP contribution in [-0.2, 0) is 0 Å². The van der Waals surface area contributed by atoms with Gasteiger partial charge in [0.25, 0.3) is 0 Å². The number of phenols is 2. The Kier molecular flexibility index (Phi) is 1.96. The van der Waals surface area contributed by atoms with Crippen molar-refractivity contribution in [3.8, 4) is 11.5 Å². The van der Waals surface area contributed by atoms with Gasteiger partial charge in [-0.25, -0.2) is 0 Å². The average molecular weight is 152 g/mol. The molecule has 0 aromatic heterocycles. The van der Waals surface area contributed by atoms with Gasteiger partial charge in [0.15, 0.2) is 11.5 Å². The summed E-state index contributed by atoms with van der Waals surface area (Å²) in [5.74, 6) is 4.54. The zero-order chi connectivity index (χ0) is 8.27. The molecule has 58 valence electrons. The second-order valence-electron chi connectivity index (χ2n) is 2.03. The van der Waals surface area contributed by atoms with Crippen molar-refractivity contribution in [3.63, 3.8) is 0 Å². The van der Waals surface area contributed by atoms with Crippen molar-refractivity contribution in [3.05, 3.63) is 23.8 Å². The highest BCUT2D eigenvalue weighted by molar-refractivity contribution is 5.80. The summed E-state index contributed by atoms with van der Waals surface area (Å²) >= 11 is 0. The van der Waals surface area contributed by atoms with E-state index >= 15 is 0 Å². The largest absolute Gasteiger partial charge is 0.504 e. The lowest BCUT2D eigenvalue weighted by Crippen LogP contribution is -1.85. The molecule has 0 amide bonds. The van der Waals surface area contributed by atoms with Gasteiger partial charge in [-0.3, -0.25) is 0 Å². The minimum atomic E-state index is -0.178. The second kappa shape index (κ2) is 2.92. The smallest absolute Gasteiger partial charge is 0.158 e. The predicted octanol–water partition coefficient (Wildman–Crippen LogP) is 0.390. The molecule has 0 aliphatic carbocycles. The van der Waals surface area contributed by atoms with Gasteiger partial charge in [0.05, 0.1) is 6.21 Å². The summed E-state index contributed by atoms with van der Waals surface area (Å²) in [6.07, 6.45) is 1.37. The highest BCUT2D eigenvalue weighted by Gasteiger charge is 1.97. The molecule has 4 nitrogen and oxygen atoms in total. The number of nitrogens with zero attached hydrogens (tertiary/aromatic N) is 1. The van der Waals surface area contributed by atoms with Crippen molar-refractivity contribution in [1.29, 1.82) is 0 Å². The highest BCUT2D eigenvalue weighted by atomic mass is 16.3. The quantitative estimate of drug-likeness (QED) is 0.236. The number of benzene rings is 1. The van der Waals surface area contributed by atoms with Gasteiger partial charge in [-0.1, -0.05) is 0 Å². The summed E-state index contributed by atoms with van der Waals surface area (Å²) < 4.78 is 0. The number of aromatic hydroxyl groups is 2. The third kappa shape index (κ3) is 1.61. The van der Waals surface area contributed by atoms with Crippen molar-refractivity contribution in [2.75, 3.05) is 0 Å². The fourth-order valence-corrected chi connectivity index (χ4v) is 0.707. The fourth-order valence-electron chi connectivity index (χ4n) is 0.707. The van der Waals surface area contributed by atoms with Gasteiger partial charge in [0.2, 0.25) is 0 Å². The number of hydrogen-bond acceptors (Lipinski definition) is 4. The molecule has 0 unspecified atom stereocenters. The van der Waals surface area contributed by atoms with Crippen LogP contribution in [-0.4, -0.2) is 16.4 Å². The maximum atomic E-state index is 8.97. The summed E-state index contributed by atoms with van der Waals surface area (Å²) in [5.41, 5.74) is 0.641. The number of phenolic OH excluding ortho intramolecular Hbond substituents is 2. The molecule has 0 heterocycles. The number of hydrazone groups is 1. The first-order valence-corrected chi connectivity index (χ1v) is 2.99. The molecule has 0 spiro atoms. The Bertz CT molecular complexity index is 284. The molecule has 0 aliphatic heterocycles. The van der Waals surface area contributed by atoms with Crippen LogP contribution < -0.4 is 5.84 Å². The van der Waals surface area contributed by atoms with Gasteiger partial charge in [-0.2, -0.15) is 5.10 Å². The highest BCUT2D eigenvalue weighted by Crippen LogP contribution is 2.23.